The average molecular weight is 723 g/mol. The molecule has 6 aromatic rings. The molecule has 6 aromatic carbocycles. The van der Waals surface area contributed by atoms with E-state index in [0.717, 1.165) is 37.9 Å². The molecule has 0 amide bonds. The Bertz CT molecular complexity index is 2790. The average Bonchev–Trinajstić information content (AvgIpc) is 3.65. The zero-order valence-corrected chi connectivity index (χ0v) is 32.0. The normalized spacial score (nSPS) is 24.0. The van der Waals surface area contributed by atoms with E-state index in [1.807, 2.05) is 0 Å². The standard InChI is InChI=1S/C54H46N2/c1-54-31-12-11-15-43(54)34-42(30-32-54)51-45-18-7-8-19-46(45)52(41-27-24-36-13-5-6-14-39(36)33-41)48-35-40(28-29-47(48)51)37-22-25-38(26-23-37)53-55-49-20-9-10-21-50(49)56(53)44-16-3-2-4-17-44/h3,5-8,10,12-14,16-19,21-35,43,49-50H,2,4,9,11,15,20H2,1H3. The summed E-state index contributed by atoms with van der Waals surface area (Å²) < 4.78 is 0. The van der Waals surface area contributed by atoms with Crippen molar-refractivity contribution in [1.82, 2.24) is 4.90 Å². The van der Waals surface area contributed by atoms with Crippen LogP contribution in [0, 0.1) is 11.3 Å². The molecule has 0 bridgehead atoms. The molecule has 56 heavy (non-hydrogen) atoms. The van der Waals surface area contributed by atoms with Crippen LogP contribution in [0.5, 0.6) is 0 Å². The van der Waals surface area contributed by atoms with Crippen molar-refractivity contribution < 1.29 is 0 Å². The summed E-state index contributed by atoms with van der Waals surface area (Å²) in [6, 6.07) is 41.8. The van der Waals surface area contributed by atoms with Gasteiger partial charge in [-0.25, -0.2) is 0 Å². The lowest BCUT2D eigenvalue weighted by molar-refractivity contribution is 0.353. The van der Waals surface area contributed by atoms with Crippen molar-refractivity contribution in [2.24, 2.45) is 16.3 Å². The van der Waals surface area contributed by atoms with Crippen LogP contribution >= 0.6 is 0 Å². The number of hydrogen-bond acceptors (Lipinski definition) is 2. The van der Waals surface area contributed by atoms with Crippen molar-refractivity contribution in [3.05, 3.63) is 187 Å². The second-order valence-corrected chi connectivity index (χ2v) is 16.6. The van der Waals surface area contributed by atoms with Gasteiger partial charge in [-0.15, -0.1) is 0 Å². The van der Waals surface area contributed by atoms with Gasteiger partial charge in [-0.2, -0.15) is 0 Å². The number of rotatable bonds is 5. The van der Waals surface area contributed by atoms with Crippen molar-refractivity contribution in [3.8, 4) is 22.3 Å². The molecule has 1 aliphatic heterocycles. The Hall–Kier alpha value is -5.99. The van der Waals surface area contributed by atoms with Gasteiger partial charge in [0.15, 0.2) is 0 Å². The summed E-state index contributed by atoms with van der Waals surface area (Å²) in [5.74, 6) is 1.59. The highest BCUT2D eigenvalue weighted by atomic mass is 15.3. The molecule has 0 radical (unpaired) electrons. The summed E-state index contributed by atoms with van der Waals surface area (Å²) in [5.41, 5.74) is 10.2. The van der Waals surface area contributed by atoms with E-state index in [1.54, 1.807) is 0 Å². The van der Waals surface area contributed by atoms with Crippen LogP contribution in [0.15, 0.2) is 181 Å². The fraction of sp³-hybridized carbons (Fsp3) is 0.204. The summed E-state index contributed by atoms with van der Waals surface area (Å²) in [6.07, 6.45) is 30.7. The SMILES string of the molecule is CC12C=CCCC1C=C(c1c3ccccc3c(-c3ccc4ccccc4c3)c3cc(-c4ccc(C5=NC6CCC=CC6N5C5=CCCC=C5)cc4)ccc13)C=C2. The number of hydrogen-bond donors (Lipinski definition) is 0. The van der Waals surface area contributed by atoms with Gasteiger partial charge in [0.05, 0.1) is 12.1 Å². The first-order valence-electron chi connectivity index (χ1n) is 20.7. The minimum atomic E-state index is 0.0809. The molecule has 0 spiro atoms. The number of allylic oxidation sites excluding steroid dienone is 10. The molecule has 0 aromatic heterocycles. The van der Waals surface area contributed by atoms with E-state index in [1.165, 1.54) is 83.4 Å². The van der Waals surface area contributed by atoms with E-state index in [9.17, 15) is 0 Å². The van der Waals surface area contributed by atoms with Crippen LogP contribution in [0.1, 0.15) is 56.6 Å². The predicted molar refractivity (Wildman–Crippen MR) is 238 cm³/mol. The van der Waals surface area contributed by atoms with Gasteiger partial charge in [0.25, 0.3) is 0 Å². The lowest BCUT2D eigenvalue weighted by Gasteiger charge is -2.37. The molecule has 4 aliphatic carbocycles. The maximum atomic E-state index is 5.36. The summed E-state index contributed by atoms with van der Waals surface area (Å²) in [4.78, 5) is 7.85. The highest BCUT2D eigenvalue weighted by Crippen LogP contribution is 2.48. The third kappa shape index (κ3) is 5.49. The monoisotopic (exact) mass is 722 g/mol. The fourth-order valence-electron chi connectivity index (χ4n) is 10.2. The molecule has 272 valence electrons. The second-order valence-electron chi connectivity index (χ2n) is 16.6. The third-order valence-corrected chi connectivity index (χ3v) is 13.2. The van der Waals surface area contributed by atoms with Gasteiger partial charge in [-0.05, 0) is 128 Å². The van der Waals surface area contributed by atoms with E-state index >= 15 is 0 Å². The minimum Gasteiger partial charge on any atom is -0.317 e. The molecule has 1 heterocycles. The molecule has 4 unspecified atom stereocenters. The van der Waals surface area contributed by atoms with Gasteiger partial charge in [0.2, 0.25) is 0 Å². The number of nitrogens with zero attached hydrogens (tertiary/aromatic N) is 2. The molecule has 2 nitrogen and oxygen atoms in total. The molecular formula is C54H46N2. The van der Waals surface area contributed by atoms with Gasteiger partial charge < -0.3 is 4.90 Å². The van der Waals surface area contributed by atoms with Crippen LogP contribution in [-0.2, 0) is 0 Å². The second kappa shape index (κ2) is 13.3. The Morgan fingerprint density at radius 1 is 0.589 bits per heavy atom. The van der Waals surface area contributed by atoms with Gasteiger partial charge in [-0.1, -0.05) is 159 Å². The maximum Gasteiger partial charge on any atom is 0.136 e. The minimum absolute atomic E-state index is 0.0809. The van der Waals surface area contributed by atoms with Gasteiger partial charge in [0.1, 0.15) is 5.84 Å². The summed E-state index contributed by atoms with van der Waals surface area (Å²) in [5, 5.41) is 7.73. The summed E-state index contributed by atoms with van der Waals surface area (Å²) >= 11 is 0. The van der Waals surface area contributed by atoms with Crippen LogP contribution in [0.3, 0.4) is 0 Å². The third-order valence-electron chi connectivity index (χ3n) is 13.2. The zero-order chi connectivity index (χ0) is 37.2. The predicted octanol–water partition coefficient (Wildman–Crippen LogP) is 13.8. The molecule has 11 rings (SSSR count). The number of fused-ring (bicyclic) bond motifs is 5. The largest absolute Gasteiger partial charge is 0.317 e. The van der Waals surface area contributed by atoms with Crippen molar-refractivity contribution in [1.29, 1.82) is 0 Å². The van der Waals surface area contributed by atoms with E-state index in [-0.39, 0.29) is 5.41 Å². The summed E-state index contributed by atoms with van der Waals surface area (Å²) in [7, 11) is 0. The smallest absolute Gasteiger partial charge is 0.136 e. The van der Waals surface area contributed by atoms with E-state index in [2.05, 4.69) is 182 Å². The van der Waals surface area contributed by atoms with Crippen molar-refractivity contribution >= 4 is 43.7 Å². The van der Waals surface area contributed by atoms with Gasteiger partial charge >= 0.3 is 0 Å². The Balaban J connectivity index is 1.07. The lowest BCUT2D eigenvalue weighted by atomic mass is 9.67. The maximum absolute atomic E-state index is 5.36. The quantitative estimate of drug-likeness (QED) is 0.128. The molecule has 4 atom stereocenters. The molecule has 0 saturated heterocycles. The molecule has 5 aliphatic rings. The molecule has 2 heteroatoms. The van der Waals surface area contributed by atoms with Crippen molar-refractivity contribution in [2.75, 3.05) is 0 Å². The first kappa shape index (κ1) is 33.4. The molecule has 0 saturated carbocycles. The van der Waals surface area contributed by atoms with E-state index < -0.39 is 0 Å². The van der Waals surface area contributed by atoms with Gasteiger partial charge in [0, 0.05) is 16.7 Å². The van der Waals surface area contributed by atoms with Crippen LogP contribution in [0.25, 0.3) is 60.1 Å². The number of aliphatic imine (C=N–C) groups is 1. The topological polar surface area (TPSA) is 15.6 Å². The van der Waals surface area contributed by atoms with Crippen LogP contribution < -0.4 is 0 Å². The van der Waals surface area contributed by atoms with Crippen LogP contribution in [-0.4, -0.2) is 22.8 Å². The Labute approximate surface area is 330 Å². The summed E-state index contributed by atoms with van der Waals surface area (Å²) in [6.45, 7) is 2.39. The van der Waals surface area contributed by atoms with Crippen LogP contribution in [0.4, 0.5) is 0 Å². The molecular weight excluding hydrogens is 677 g/mol. The van der Waals surface area contributed by atoms with Gasteiger partial charge in [-0.3, -0.25) is 4.99 Å². The Morgan fingerprint density at radius 3 is 2.20 bits per heavy atom. The first-order chi connectivity index (χ1) is 27.6. The highest BCUT2D eigenvalue weighted by molar-refractivity contribution is 6.20. The molecule has 0 N–H and O–H groups in total. The van der Waals surface area contributed by atoms with E-state index in [4.69, 9.17) is 4.99 Å². The number of benzene rings is 6. The van der Waals surface area contributed by atoms with Crippen molar-refractivity contribution in [3.63, 3.8) is 0 Å². The number of amidine groups is 1. The van der Waals surface area contributed by atoms with E-state index in [0.29, 0.717) is 18.0 Å². The zero-order valence-electron chi connectivity index (χ0n) is 32.0. The Kier molecular flexibility index (Phi) is 7.95. The molecule has 0 fully saturated rings. The highest BCUT2D eigenvalue weighted by Gasteiger charge is 2.38. The Morgan fingerprint density at radius 2 is 1.34 bits per heavy atom. The van der Waals surface area contributed by atoms with Crippen LogP contribution in [0.2, 0.25) is 0 Å². The lowest BCUT2D eigenvalue weighted by Crippen LogP contribution is -2.39. The van der Waals surface area contributed by atoms with Crippen molar-refractivity contribution in [2.45, 2.75) is 57.5 Å². The fourth-order valence-corrected chi connectivity index (χ4v) is 10.2. The first-order valence-corrected chi connectivity index (χ1v) is 20.7.